The highest BCUT2D eigenvalue weighted by Crippen LogP contribution is 2.40. The fourth-order valence-electron chi connectivity index (χ4n) is 2.76. The van der Waals surface area contributed by atoms with E-state index in [2.05, 4.69) is 17.4 Å². The van der Waals surface area contributed by atoms with Crippen LogP contribution in [0.25, 0.3) is 0 Å². The first-order valence-corrected chi connectivity index (χ1v) is 6.77. The molecule has 19 heavy (non-hydrogen) atoms. The normalized spacial score (nSPS) is 16.7. The average Bonchev–Trinajstić information content (AvgIpc) is 2.87. The van der Waals surface area contributed by atoms with Crippen LogP contribution in [0.3, 0.4) is 0 Å². The van der Waals surface area contributed by atoms with Crippen molar-refractivity contribution in [3.05, 3.63) is 34.9 Å². The highest BCUT2D eigenvalue weighted by molar-refractivity contribution is 6.30. The lowest BCUT2D eigenvalue weighted by Crippen LogP contribution is -2.41. The van der Waals surface area contributed by atoms with E-state index in [4.69, 9.17) is 17.3 Å². The molecule has 1 aromatic carbocycles. The Kier molecular flexibility index (Phi) is 6.11. The van der Waals surface area contributed by atoms with Crippen molar-refractivity contribution in [3.63, 3.8) is 0 Å². The molecule has 0 atom stereocenters. The number of rotatable bonds is 4. The first kappa shape index (κ1) is 16.3. The van der Waals surface area contributed by atoms with Crippen LogP contribution < -0.4 is 11.1 Å². The molecule has 0 radical (unpaired) electrons. The molecule has 1 fully saturated rings. The van der Waals surface area contributed by atoms with Gasteiger partial charge in [0.2, 0.25) is 5.91 Å². The molecule has 0 unspecified atom stereocenters. The van der Waals surface area contributed by atoms with Crippen LogP contribution in [0.1, 0.15) is 31.2 Å². The molecule has 5 heteroatoms. The molecule has 1 aromatic rings. The van der Waals surface area contributed by atoms with Crippen molar-refractivity contribution in [1.82, 2.24) is 5.32 Å². The minimum atomic E-state index is -0.0877. The molecular weight excluding hydrogens is 283 g/mol. The molecule has 1 aliphatic carbocycles. The Bertz CT molecular complexity index is 414. The second-order valence-electron chi connectivity index (χ2n) is 4.98. The van der Waals surface area contributed by atoms with E-state index in [-0.39, 0.29) is 30.3 Å². The lowest BCUT2D eigenvalue weighted by atomic mass is 9.79. The fraction of sp³-hybridized carbons (Fsp3) is 0.500. The van der Waals surface area contributed by atoms with Crippen LogP contribution in [-0.2, 0) is 10.2 Å². The maximum atomic E-state index is 11.3. The molecule has 2 rings (SSSR count). The number of hydrogen-bond acceptors (Lipinski definition) is 2. The van der Waals surface area contributed by atoms with Gasteiger partial charge in [-0.05, 0) is 30.5 Å². The van der Waals surface area contributed by atoms with Gasteiger partial charge in [-0.3, -0.25) is 4.79 Å². The molecule has 0 aromatic heterocycles. The maximum absolute atomic E-state index is 11.3. The van der Waals surface area contributed by atoms with Gasteiger partial charge in [0.25, 0.3) is 0 Å². The van der Waals surface area contributed by atoms with Crippen molar-refractivity contribution in [1.29, 1.82) is 0 Å². The summed E-state index contributed by atoms with van der Waals surface area (Å²) >= 11 is 5.93. The molecular formula is C14H20Cl2N2O. The quantitative estimate of drug-likeness (QED) is 0.898. The molecule has 3 nitrogen and oxygen atoms in total. The van der Waals surface area contributed by atoms with Crippen molar-refractivity contribution in [2.24, 2.45) is 5.73 Å². The second kappa shape index (κ2) is 7.13. The summed E-state index contributed by atoms with van der Waals surface area (Å²) in [5.74, 6) is -0.0877. The molecule has 3 N–H and O–H groups in total. The zero-order valence-electron chi connectivity index (χ0n) is 10.8. The summed E-state index contributed by atoms with van der Waals surface area (Å²) < 4.78 is 0. The molecule has 0 heterocycles. The molecule has 1 aliphatic rings. The second-order valence-corrected chi connectivity index (χ2v) is 5.41. The Morgan fingerprint density at radius 2 is 1.84 bits per heavy atom. The number of nitrogens with two attached hydrogens (primary N) is 1. The Morgan fingerprint density at radius 3 is 2.37 bits per heavy atom. The van der Waals surface area contributed by atoms with Crippen LogP contribution in [-0.4, -0.2) is 19.0 Å². The number of halogens is 2. The summed E-state index contributed by atoms with van der Waals surface area (Å²) in [5, 5.41) is 3.68. The number of amides is 1. The first-order chi connectivity index (χ1) is 8.66. The van der Waals surface area contributed by atoms with Crippen LogP contribution >= 0.6 is 24.0 Å². The Morgan fingerprint density at radius 1 is 1.26 bits per heavy atom. The summed E-state index contributed by atoms with van der Waals surface area (Å²) in [6.45, 7) is 0.724. The summed E-state index contributed by atoms with van der Waals surface area (Å²) in [5.41, 5.74) is 6.66. The van der Waals surface area contributed by atoms with Crippen LogP contribution in [0.2, 0.25) is 5.02 Å². The zero-order valence-corrected chi connectivity index (χ0v) is 12.4. The van der Waals surface area contributed by atoms with Crippen LogP contribution in [0.5, 0.6) is 0 Å². The highest BCUT2D eigenvalue weighted by Gasteiger charge is 2.35. The lowest BCUT2D eigenvalue weighted by Gasteiger charge is -2.30. The number of benzene rings is 1. The van der Waals surface area contributed by atoms with E-state index < -0.39 is 0 Å². The van der Waals surface area contributed by atoms with Gasteiger partial charge in [0.05, 0.1) is 6.54 Å². The number of hydrogen-bond donors (Lipinski definition) is 2. The topological polar surface area (TPSA) is 55.1 Å². The smallest absolute Gasteiger partial charge is 0.233 e. The Labute approximate surface area is 125 Å². The average molecular weight is 303 g/mol. The van der Waals surface area contributed by atoms with Gasteiger partial charge in [0.1, 0.15) is 0 Å². The van der Waals surface area contributed by atoms with Crippen LogP contribution in [0.15, 0.2) is 24.3 Å². The standard InChI is InChI=1S/C14H19ClN2O.ClH/c15-12-5-3-11(4-6-12)14(7-1-2-8-14)10-17-13(18)9-16;/h3-6H,1-2,7-10,16H2,(H,17,18);1H. The molecule has 1 amide bonds. The van der Waals surface area contributed by atoms with Crippen LogP contribution in [0, 0.1) is 0 Å². The van der Waals surface area contributed by atoms with Crippen molar-refractivity contribution in [2.45, 2.75) is 31.1 Å². The number of nitrogens with one attached hydrogen (secondary N) is 1. The van der Waals surface area contributed by atoms with Gasteiger partial charge in [-0.25, -0.2) is 0 Å². The molecule has 0 aliphatic heterocycles. The van der Waals surface area contributed by atoms with E-state index in [1.165, 1.54) is 18.4 Å². The number of carbonyl (C=O) groups excluding carboxylic acids is 1. The Hall–Kier alpha value is -0.770. The monoisotopic (exact) mass is 302 g/mol. The zero-order chi connectivity index (χ0) is 13.0. The van der Waals surface area contributed by atoms with Gasteiger partial charge < -0.3 is 11.1 Å². The minimum Gasteiger partial charge on any atom is -0.354 e. The summed E-state index contributed by atoms with van der Waals surface area (Å²) in [6.07, 6.45) is 4.64. The predicted octanol–water partition coefficient (Wildman–Crippen LogP) is 2.65. The van der Waals surface area contributed by atoms with Crippen molar-refractivity contribution in [2.75, 3.05) is 13.1 Å². The van der Waals surface area contributed by atoms with Crippen LogP contribution in [0.4, 0.5) is 0 Å². The van der Waals surface area contributed by atoms with Gasteiger partial charge in [0, 0.05) is 17.0 Å². The van der Waals surface area contributed by atoms with Gasteiger partial charge in [-0.15, -0.1) is 12.4 Å². The third-order valence-corrected chi connectivity index (χ3v) is 4.08. The van der Waals surface area contributed by atoms with E-state index in [0.29, 0.717) is 6.54 Å². The number of carbonyl (C=O) groups is 1. The minimum absolute atomic E-state index is 0. The maximum Gasteiger partial charge on any atom is 0.233 e. The molecule has 1 saturated carbocycles. The fourth-order valence-corrected chi connectivity index (χ4v) is 2.89. The largest absolute Gasteiger partial charge is 0.354 e. The SMILES string of the molecule is Cl.NCC(=O)NCC1(c2ccc(Cl)cc2)CCCC1. The van der Waals surface area contributed by atoms with Crippen molar-refractivity contribution >= 4 is 29.9 Å². The van der Waals surface area contributed by atoms with Gasteiger partial charge in [-0.2, -0.15) is 0 Å². The third-order valence-electron chi connectivity index (χ3n) is 3.83. The molecule has 0 bridgehead atoms. The van der Waals surface area contributed by atoms with E-state index in [1.807, 2.05) is 12.1 Å². The molecule has 106 valence electrons. The van der Waals surface area contributed by atoms with E-state index in [1.54, 1.807) is 0 Å². The highest BCUT2D eigenvalue weighted by atomic mass is 35.5. The van der Waals surface area contributed by atoms with Gasteiger partial charge in [0.15, 0.2) is 0 Å². The lowest BCUT2D eigenvalue weighted by molar-refractivity contribution is -0.120. The van der Waals surface area contributed by atoms with E-state index in [0.717, 1.165) is 17.9 Å². The molecule has 0 spiro atoms. The van der Waals surface area contributed by atoms with E-state index >= 15 is 0 Å². The molecule has 0 saturated heterocycles. The van der Waals surface area contributed by atoms with Gasteiger partial charge >= 0.3 is 0 Å². The summed E-state index contributed by atoms with van der Waals surface area (Å²) in [7, 11) is 0. The van der Waals surface area contributed by atoms with Crippen molar-refractivity contribution < 1.29 is 4.79 Å². The van der Waals surface area contributed by atoms with Crippen molar-refractivity contribution in [3.8, 4) is 0 Å². The predicted molar refractivity (Wildman–Crippen MR) is 80.9 cm³/mol. The van der Waals surface area contributed by atoms with E-state index in [9.17, 15) is 4.79 Å². The summed E-state index contributed by atoms with van der Waals surface area (Å²) in [6, 6.07) is 7.98. The van der Waals surface area contributed by atoms with Gasteiger partial charge in [-0.1, -0.05) is 36.6 Å². The third kappa shape index (κ3) is 3.85. The first-order valence-electron chi connectivity index (χ1n) is 6.39. The summed E-state index contributed by atoms with van der Waals surface area (Å²) in [4.78, 5) is 11.3. The Balaban J connectivity index is 0.00000180.